The molecule has 188 valence electrons. The topological polar surface area (TPSA) is 45.3 Å². The van der Waals surface area contributed by atoms with Gasteiger partial charge in [0.05, 0.1) is 13.7 Å². The maximum absolute atomic E-state index is 12.1. The van der Waals surface area contributed by atoms with E-state index >= 15 is 0 Å². The molecule has 4 rings (SSSR count). The van der Waals surface area contributed by atoms with Crippen LogP contribution in [0.4, 0.5) is 16.2 Å². The number of para-hydroxylation sites is 1. The first-order valence-electron chi connectivity index (χ1n) is 12.5. The summed E-state index contributed by atoms with van der Waals surface area (Å²) in [7, 11) is 5.79. The smallest absolute Gasteiger partial charge is 0.415 e. The lowest BCUT2D eigenvalue weighted by atomic mass is 9.91. The first-order chi connectivity index (χ1) is 16.4. The molecule has 6 heteroatoms. The van der Waals surface area contributed by atoms with E-state index in [1.165, 1.54) is 11.3 Å². The largest absolute Gasteiger partial charge is 0.497 e. The molecule has 0 aliphatic carbocycles. The summed E-state index contributed by atoms with van der Waals surface area (Å²) in [4.78, 5) is 18.4. The quantitative estimate of drug-likeness (QED) is 0.550. The van der Waals surface area contributed by atoms with Gasteiger partial charge in [0.15, 0.2) is 0 Å². The first-order valence-corrected chi connectivity index (χ1v) is 12.5. The standard InChI is InChI=1S/C15H20N2O2.C11H17NO.C2H6/c1-2-16-10-8-15(9-11-16)12-17(14(18)19-15)13-6-4-3-5-7-13;1-5-9-6-7-10(13-4)8-11(9)12(2)3;1-2/h3-7H,2,8-12H2,1H3;6-8H,5H2,1-4H3;1-2H3. The molecular formula is C28H43N3O3. The average molecular weight is 470 g/mol. The number of hydrogen-bond donors (Lipinski definition) is 0. The van der Waals surface area contributed by atoms with Gasteiger partial charge < -0.3 is 19.3 Å². The minimum atomic E-state index is -0.265. The van der Waals surface area contributed by atoms with Crippen molar-refractivity contribution in [3.05, 3.63) is 54.1 Å². The Morgan fingerprint density at radius 1 is 1.03 bits per heavy atom. The van der Waals surface area contributed by atoms with Gasteiger partial charge in [-0.25, -0.2) is 4.79 Å². The van der Waals surface area contributed by atoms with Gasteiger partial charge >= 0.3 is 6.09 Å². The van der Waals surface area contributed by atoms with E-state index in [-0.39, 0.29) is 11.7 Å². The normalized spacial score (nSPS) is 16.7. The van der Waals surface area contributed by atoms with Crippen molar-refractivity contribution in [1.29, 1.82) is 0 Å². The monoisotopic (exact) mass is 469 g/mol. The fraction of sp³-hybridized carbons (Fsp3) is 0.536. The number of amides is 1. The van der Waals surface area contributed by atoms with Gasteiger partial charge in [-0.05, 0) is 36.7 Å². The van der Waals surface area contributed by atoms with Crippen LogP contribution in [0.2, 0.25) is 0 Å². The number of likely N-dealkylation sites (tertiary alicyclic amines) is 1. The number of piperidine rings is 1. The molecule has 1 amide bonds. The SMILES string of the molecule is CC.CCN1CCC2(CC1)CN(c1ccccc1)C(=O)O2.CCc1ccc(OC)cc1N(C)C. The molecule has 2 aromatic rings. The van der Waals surface area contributed by atoms with Crippen LogP contribution in [0.15, 0.2) is 48.5 Å². The van der Waals surface area contributed by atoms with Crippen LogP contribution in [0.1, 0.15) is 46.1 Å². The fourth-order valence-electron chi connectivity index (χ4n) is 4.35. The Labute approximate surface area is 206 Å². The number of carbonyl (C=O) groups is 1. The summed E-state index contributed by atoms with van der Waals surface area (Å²) in [5, 5.41) is 0. The second kappa shape index (κ2) is 13.2. The zero-order valence-corrected chi connectivity index (χ0v) is 22.1. The third-order valence-corrected chi connectivity index (χ3v) is 6.41. The minimum absolute atomic E-state index is 0.198. The number of nitrogens with zero attached hydrogens (tertiary/aromatic N) is 3. The van der Waals surface area contributed by atoms with E-state index in [9.17, 15) is 4.79 Å². The number of rotatable bonds is 5. The average Bonchev–Trinajstić information content (AvgIpc) is 3.21. The molecule has 0 saturated carbocycles. The van der Waals surface area contributed by atoms with Crippen LogP contribution in [0.3, 0.4) is 0 Å². The second-order valence-electron chi connectivity index (χ2n) is 8.65. The molecule has 0 aromatic heterocycles. The van der Waals surface area contributed by atoms with Crippen molar-refractivity contribution in [2.24, 2.45) is 0 Å². The number of methoxy groups -OCH3 is 1. The van der Waals surface area contributed by atoms with Crippen molar-refractivity contribution in [3.8, 4) is 5.75 Å². The zero-order valence-electron chi connectivity index (χ0n) is 22.1. The molecule has 2 heterocycles. The van der Waals surface area contributed by atoms with E-state index in [1.54, 1.807) is 12.0 Å². The van der Waals surface area contributed by atoms with Gasteiger partial charge in [-0.15, -0.1) is 0 Å². The van der Waals surface area contributed by atoms with E-state index in [4.69, 9.17) is 9.47 Å². The lowest BCUT2D eigenvalue weighted by Gasteiger charge is -2.36. The van der Waals surface area contributed by atoms with Gasteiger partial charge in [0, 0.05) is 57.5 Å². The van der Waals surface area contributed by atoms with Crippen LogP contribution in [0, 0.1) is 0 Å². The highest BCUT2D eigenvalue weighted by atomic mass is 16.6. The van der Waals surface area contributed by atoms with Gasteiger partial charge in [-0.2, -0.15) is 0 Å². The van der Waals surface area contributed by atoms with E-state index in [0.29, 0.717) is 6.54 Å². The molecule has 2 saturated heterocycles. The molecule has 2 aliphatic rings. The molecule has 2 fully saturated rings. The number of anilines is 2. The predicted molar refractivity (Wildman–Crippen MR) is 142 cm³/mol. The van der Waals surface area contributed by atoms with Crippen LogP contribution in [-0.2, 0) is 11.2 Å². The summed E-state index contributed by atoms with van der Waals surface area (Å²) in [5.41, 5.74) is 3.26. The van der Waals surface area contributed by atoms with Crippen LogP contribution in [0.25, 0.3) is 0 Å². The van der Waals surface area contributed by atoms with Crippen molar-refractivity contribution >= 4 is 17.5 Å². The maximum Gasteiger partial charge on any atom is 0.415 e. The van der Waals surface area contributed by atoms with Crippen molar-refractivity contribution < 1.29 is 14.3 Å². The van der Waals surface area contributed by atoms with Gasteiger partial charge in [0.2, 0.25) is 0 Å². The molecule has 0 bridgehead atoms. The fourth-order valence-corrected chi connectivity index (χ4v) is 4.35. The summed E-state index contributed by atoms with van der Waals surface area (Å²) in [6, 6.07) is 16.0. The molecule has 34 heavy (non-hydrogen) atoms. The van der Waals surface area contributed by atoms with Crippen LogP contribution in [0.5, 0.6) is 5.75 Å². The predicted octanol–water partition coefficient (Wildman–Crippen LogP) is 5.85. The molecule has 0 unspecified atom stereocenters. The van der Waals surface area contributed by atoms with Crippen molar-refractivity contribution in [2.45, 2.75) is 52.6 Å². The molecule has 2 aromatic carbocycles. The molecular weight excluding hydrogens is 426 g/mol. The summed E-state index contributed by atoms with van der Waals surface area (Å²) < 4.78 is 10.9. The third-order valence-electron chi connectivity index (χ3n) is 6.41. The summed E-state index contributed by atoms with van der Waals surface area (Å²) >= 11 is 0. The van der Waals surface area contributed by atoms with Crippen LogP contribution in [-0.4, -0.2) is 64.0 Å². The molecule has 0 N–H and O–H groups in total. The summed E-state index contributed by atoms with van der Waals surface area (Å²) in [6.07, 6.45) is 2.74. The Morgan fingerprint density at radius 2 is 1.68 bits per heavy atom. The molecule has 6 nitrogen and oxygen atoms in total. The third kappa shape index (κ3) is 6.89. The van der Waals surface area contributed by atoms with Crippen molar-refractivity contribution in [1.82, 2.24) is 4.90 Å². The van der Waals surface area contributed by atoms with E-state index in [0.717, 1.165) is 50.3 Å². The Balaban J connectivity index is 0.000000239. The lowest BCUT2D eigenvalue weighted by molar-refractivity contribution is 0.00222. The molecule has 2 aliphatic heterocycles. The zero-order chi connectivity index (χ0) is 25.1. The number of aryl methyl sites for hydroxylation is 1. The maximum atomic E-state index is 12.1. The molecule has 0 radical (unpaired) electrons. The van der Waals surface area contributed by atoms with Crippen LogP contribution < -0.4 is 14.5 Å². The summed E-state index contributed by atoms with van der Waals surface area (Å²) in [6.45, 7) is 12.1. The highest BCUT2D eigenvalue weighted by Crippen LogP contribution is 2.35. The minimum Gasteiger partial charge on any atom is -0.497 e. The Hall–Kier alpha value is -2.73. The Bertz CT molecular complexity index is 878. The van der Waals surface area contributed by atoms with Crippen molar-refractivity contribution in [3.63, 3.8) is 0 Å². The number of carbonyl (C=O) groups excluding carboxylic acids is 1. The van der Waals surface area contributed by atoms with E-state index in [2.05, 4.69) is 35.8 Å². The van der Waals surface area contributed by atoms with E-state index < -0.39 is 0 Å². The van der Waals surface area contributed by atoms with E-state index in [1.807, 2.05) is 64.3 Å². The number of benzene rings is 2. The number of ether oxygens (including phenoxy) is 2. The van der Waals surface area contributed by atoms with Gasteiger partial charge in [-0.3, -0.25) is 4.90 Å². The first kappa shape index (κ1) is 27.5. The Kier molecular flexibility index (Phi) is 10.7. The Morgan fingerprint density at radius 3 is 2.21 bits per heavy atom. The van der Waals surface area contributed by atoms with Gasteiger partial charge in [0.1, 0.15) is 11.4 Å². The molecule has 0 atom stereocenters. The highest BCUT2D eigenvalue weighted by molar-refractivity contribution is 5.90. The van der Waals surface area contributed by atoms with Gasteiger partial charge in [0.25, 0.3) is 0 Å². The second-order valence-corrected chi connectivity index (χ2v) is 8.65. The van der Waals surface area contributed by atoms with Gasteiger partial charge in [-0.1, -0.05) is 52.0 Å². The lowest BCUT2D eigenvalue weighted by Crippen LogP contribution is -2.46. The number of hydrogen-bond acceptors (Lipinski definition) is 5. The van der Waals surface area contributed by atoms with Crippen molar-refractivity contribution in [2.75, 3.05) is 57.2 Å². The molecule has 1 spiro atoms. The summed E-state index contributed by atoms with van der Waals surface area (Å²) in [5.74, 6) is 0.918. The highest BCUT2D eigenvalue weighted by Gasteiger charge is 2.47. The van der Waals surface area contributed by atoms with Crippen LogP contribution >= 0.6 is 0 Å².